The van der Waals surface area contributed by atoms with E-state index >= 15 is 0 Å². The van der Waals surface area contributed by atoms with Gasteiger partial charge in [-0.2, -0.15) is 0 Å². The summed E-state index contributed by atoms with van der Waals surface area (Å²) >= 11 is 0. The first kappa shape index (κ1) is 48.1. The standard InChI is InChI=1S/C71H68B2N6/c1-45-28-33-54(34-29-45)77-63-37-32-47(3)38-59(63)73-61-43-60-64(44-65(61)79(55-35-30-46(2)31-36-55)69-42-57(40-67(77)71(69)73)75-50(6)20-17-21-51(75)7)78(53-24-12-9-13-25-53)68-41-56(74-48(4)18-16-19-49(74)5)39-66-70(68)72(60)58-26-14-15-27-62(58)76(66)52-22-10-8-11-23-52/h8-15,22-44,48-51H,16-21H2,1-7H3. The predicted octanol–water partition coefficient (Wildman–Crippen LogP) is 14.3. The minimum Gasteiger partial charge on any atom is -0.366 e. The van der Waals surface area contributed by atoms with E-state index in [9.17, 15) is 0 Å². The summed E-state index contributed by atoms with van der Waals surface area (Å²) in [5, 5.41) is 0. The van der Waals surface area contributed by atoms with Crippen molar-refractivity contribution in [3.63, 3.8) is 0 Å². The molecular weight excluding hydrogens is 958 g/mol. The van der Waals surface area contributed by atoms with Gasteiger partial charge in [0.1, 0.15) is 0 Å². The van der Waals surface area contributed by atoms with Crippen LogP contribution < -0.4 is 62.2 Å². The maximum absolute atomic E-state index is 2.75. The van der Waals surface area contributed by atoms with E-state index in [0.29, 0.717) is 24.2 Å². The van der Waals surface area contributed by atoms with Crippen molar-refractivity contribution in [2.45, 2.75) is 111 Å². The molecule has 8 heteroatoms. The van der Waals surface area contributed by atoms with E-state index in [0.717, 1.165) is 5.69 Å². The third-order valence-corrected chi connectivity index (χ3v) is 18.9. The average Bonchev–Trinajstić information content (AvgIpc) is 3.41. The van der Waals surface area contributed by atoms with Crippen LogP contribution in [0, 0.1) is 20.8 Å². The Morgan fingerprint density at radius 3 is 1.10 bits per heavy atom. The molecule has 6 heterocycles. The van der Waals surface area contributed by atoms with Gasteiger partial charge in [0.05, 0.1) is 0 Å². The molecule has 2 fully saturated rings. The number of para-hydroxylation sites is 3. The van der Waals surface area contributed by atoms with E-state index in [1.54, 1.807) is 0 Å². The zero-order valence-electron chi connectivity index (χ0n) is 46.8. The highest BCUT2D eigenvalue weighted by molar-refractivity contribution is 7.03. The molecule has 9 aromatic carbocycles. The molecule has 0 aliphatic carbocycles. The Morgan fingerprint density at radius 2 is 0.646 bits per heavy atom. The smallest absolute Gasteiger partial charge is 0.252 e. The van der Waals surface area contributed by atoms with E-state index in [4.69, 9.17) is 0 Å². The lowest BCUT2D eigenvalue weighted by molar-refractivity contribution is 0.414. The molecule has 79 heavy (non-hydrogen) atoms. The van der Waals surface area contributed by atoms with E-state index in [1.165, 1.54) is 162 Å². The highest BCUT2D eigenvalue weighted by Gasteiger charge is 2.49. The lowest BCUT2D eigenvalue weighted by Crippen LogP contribution is -2.65. The number of piperidine rings is 2. The number of hydrogen-bond donors (Lipinski definition) is 0. The highest BCUT2D eigenvalue weighted by Crippen LogP contribution is 2.51. The van der Waals surface area contributed by atoms with Gasteiger partial charge in [0.2, 0.25) is 0 Å². The molecule has 2 saturated heterocycles. The highest BCUT2D eigenvalue weighted by atomic mass is 15.2. The van der Waals surface area contributed by atoms with Crippen LogP contribution in [-0.2, 0) is 0 Å². The van der Waals surface area contributed by atoms with Crippen molar-refractivity contribution in [3.05, 3.63) is 205 Å². The average molecular weight is 1030 g/mol. The van der Waals surface area contributed by atoms with E-state index in [-0.39, 0.29) is 13.4 Å². The quantitative estimate of drug-likeness (QED) is 0.154. The fraction of sp³-hybridized carbons (Fsp3) is 0.239. The van der Waals surface area contributed by atoms with Crippen molar-refractivity contribution < 1.29 is 0 Å². The molecule has 0 bridgehead atoms. The molecule has 0 saturated carbocycles. The molecule has 0 N–H and O–H groups in total. The Labute approximate surface area is 468 Å². The van der Waals surface area contributed by atoms with Crippen LogP contribution in [0.4, 0.5) is 79.6 Å². The first-order chi connectivity index (χ1) is 38.6. The molecule has 0 amide bonds. The molecule has 0 radical (unpaired) electrons. The molecule has 388 valence electrons. The molecule has 6 aliphatic rings. The Bertz CT molecular complexity index is 3840. The summed E-state index contributed by atoms with van der Waals surface area (Å²) < 4.78 is 0. The van der Waals surface area contributed by atoms with Crippen molar-refractivity contribution in [1.82, 2.24) is 0 Å². The SMILES string of the molecule is Cc1ccc(N2c3ccc(C)cc3B3c4cc5c(cc4N(c4ccc(C)cc4)c4cc(N6C(C)CCCC6C)cc2c43)N(c2ccccc2)c2cc(N3C(C)CCCC3C)cc3c2B5c2ccccc2N3c2ccccc2)cc1. The lowest BCUT2D eigenvalue weighted by Gasteiger charge is -2.49. The Hall–Kier alpha value is -8.09. The summed E-state index contributed by atoms with van der Waals surface area (Å²) in [5.41, 5.74) is 29.1. The van der Waals surface area contributed by atoms with Gasteiger partial charge in [-0.25, -0.2) is 0 Å². The minimum atomic E-state index is -0.0519. The first-order valence-electron chi connectivity index (χ1n) is 29.3. The van der Waals surface area contributed by atoms with Crippen molar-refractivity contribution in [2.24, 2.45) is 0 Å². The second kappa shape index (κ2) is 18.5. The number of hydrogen-bond acceptors (Lipinski definition) is 6. The normalized spacial score (nSPS) is 19.6. The number of nitrogens with zero attached hydrogens (tertiary/aromatic N) is 6. The number of aryl methyl sites for hydroxylation is 3. The molecule has 9 aromatic rings. The zero-order valence-corrected chi connectivity index (χ0v) is 46.8. The number of fused-ring (bicyclic) bond motifs is 8. The van der Waals surface area contributed by atoms with Crippen LogP contribution in [0.3, 0.4) is 0 Å². The molecule has 15 rings (SSSR count). The van der Waals surface area contributed by atoms with Crippen LogP contribution in [-0.4, -0.2) is 37.6 Å². The van der Waals surface area contributed by atoms with Gasteiger partial charge < -0.3 is 29.4 Å². The van der Waals surface area contributed by atoms with Gasteiger partial charge in [-0.15, -0.1) is 0 Å². The fourth-order valence-electron chi connectivity index (χ4n) is 15.3. The fourth-order valence-corrected chi connectivity index (χ4v) is 15.3. The second-order valence-corrected chi connectivity index (χ2v) is 24.0. The van der Waals surface area contributed by atoms with Crippen LogP contribution in [0.2, 0.25) is 0 Å². The Kier molecular flexibility index (Phi) is 11.3. The third-order valence-electron chi connectivity index (χ3n) is 18.9. The van der Waals surface area contributed by atoms with E-state index in [2.05, 4.69) is 266 Å². The van der Waals surface area contributed by atoms with E-state index < -0.39 is 0 Å². The summed E-state index contributed by atoms with van der Waals surface area (Å²) in [6, 6.07) is 74.7. The van der Waals surface area contributed by atoms with Gasteiger partial charge in [-0.3, -0.25) is 0 Å². The maximum Gasteiger partial charge on any atom is 0.252 e. The second-order valence-electron chi connectivity index (χ2n) is 24.0. The van der Waals surface area contributed by atoms with Gasteiger partial charge in [0.15, 0.2) is 0 Å². The molecule has 6 aliphatic heterocycles. The van der Waals surface area contributed by atoms with Crippen molar-refractivity contribution in [2.75, 3.05) is 29.4 Å². The monoisotopic (exact) mass is 1030 g/mol. The Balaban J connectivity index is 1.07. The van der Waals surface area contributed by atoms with Crippen molar-refractivity contribution in [1.29, 1.82) is 0 Å². The molecular formula is C71H68B2N6. The van der Waals surface area contributed by atoms with Gasteiger partial charge >= 0.3 is 0 Å². The minimum absolute atomic E-state index is 0.0468. The number of rotatable bonds is 6. The lowest BCUT2D eigenvalue weighted by atomic mass is 9.30. The van der Waals surface area contributed by atoms with Crippen LogP contribution in [0.15, 0.2) is 188 Å². The number of benzene rings is 9. The Morgan fingerprint density at radius 1 is 0.291 bits per heavy atom. The molecule has 0 aromatic heterocycles. The van der Waals surface area contributed by atoms with Gasteiger partial charge in [-0.1, -0.05) is 114 Å². The zero-order chi connectivity index (χ0) is 53.4. The van der Waals surface area contributed by atoms with Crippen LogP contribution in [0.5, 0.6) is 0 Å². The maximum atomic E-state index is 2.75. The van der Waals surface area contributed by atoms with Gasteiger partial charge in [0, 0.05) is 104 Å². The summed E-state index contributed by atoms with van der Waals surface area (Å²) in [4.78, 5) is 16.0. The first-order valence-corrected chi connectivity index (χ1v) is 29.3. The molecule has 4 atom stereocenters. The van der Waals surface area contributed by atoms with Crippen molar-refractivity contribution >= 4 is 126 Å². The van der Waals surface area contributed by atoms with Crippen molar-refractivity contribution in [3.8, 4) is 0 Å². The number of anilines is 14. The van der Waals surface area contributed by atoms with Crippen LogP contribution in [0.25, 0.3) is 0 Å². The van der Waals surface area contributed by atoms with Gasteiger partial charge in [0.25, 0.3) is 13.4 Å². The predicted molar refractivity (Wildman–Crippen MR) is 339 cm³/mol. The summed E-state index contributed by atoms with van der Waals surface area (Å²) in [6.07, 6.45) is 7.25. The van der Waals surface area contributed by atoms with Crippen LogP contribution in [0.1, 0.15) is 82.9 Å². The molecule has 6 nitrogen and oxygen atoms in total. The van der Waals surface area contributed by atoms with E-state index in [1.807, 2.05) is 0 Å². The summed E-state index contributed by atoms with van der Waals surface area (Å²) in [7, 11) is 0. The summed E-state index contributed by atoms with van der Waals surface area (Å²) in [6.45, 7) is 16.4. The molecule has 0 spiro atoms. The topological polar surface area (TPSA) is 19.4 Å². The molecule has 4 unspecified atom stereocenters. The third kappa shape index (κ3) is 7.46. The van der Waals surface area contributed by atoms with Gasteiger partial charge in [-0.05, 0) is 211 Å². The summed E-state index contributed by atoms with van der Waals surface area (Å²) in [5.74, 6) is 0. The largest absolute Gasteiger partial charge is 0.366 e. The van der Waals surface area contributed by atoms with Crippen LogP contribution >= 0.6 is 0 Å².